The first-order valence-electron chi connectivity index (χ1n) is 5.17. The van der Waals surface area contributed by atoms with Gasteiger partial charge >= 0.3 is 0 Å². The Morgan fingerprint density at radius 1 is 1.33 bits per heavy atom. The van der Waals surface area contributed by atoms with Gasteiger partial charge in [-0.05, 0) is 43.3 Å². The van der Waals surface area contributed by atoms with Gasteiger partial charge < -0.3 is 0 Å². The van der Waals surface area contributed by atoms with Crippen molar-refractivity contribution in [2.45, 2.75) is 31.6 Å². The summed E-state index contributed by atoms with van der Waals surface area (Å²) < 4.78 is 0. The monoisotopic (exact) mass is 220 g/mol. The molecule has 0 aromatic heterocycles. The number of hydrogen-bond acceptors (Lipinski definition) is 2. The second-order valence-corrected chi connectivity index (χ2v) is 4.50. The van der Waals surface area contributed by atoms with Crippen molar-refractivity contribution in [1.82, 2.24) is 0 Å². The van der Waals surface area contributed by atoms with E-state index in [4.69, 9.17) is 0 Å². The Morgan fingerprint density at radius 2 is 2.00 bits per heavy atom. The smallest absolute Gasteiger partial charge is 0.216 e. The molecule has 0 unspecified atom stereocenters. The van der Waals surface area contributed by atoms with Gasteiger partial charge in [0.1, 0.15) is 0 Å². The van der Waals surface area contributed by atoms with Crippen LogP contribution in [0.4, 0.5) is 0 Å². The molecule has 15 heavy (non-hydrogen) atoms. The molecule has 0 fully saturated rings. The van der Waals surface area contributed by atoms with Crippen LogP contribution < -0.4 is 0 Å². The highest BCUT2D eigenvalue weighted by atomic mass is 32.2. The van der Waals surface area contributed by atoms with E-state index in [1.54, 1.807) is 6.08 Å². The van der Waals surface area contributed by atoms with Crippen LogP contribution in [0.25, 0.3) is 0 Å². The van der Waals surface area contributed by atoms with Gasteiger partial charge in [-0.15, -0.1) is 0 Å². The predicted molar refractivity (Wildman–Crippen MR) is 66.1 cm³/mol. The SMILES string of the molecule is CCC/C=C/C(=O)Sc1ccc(C)cc1. The van der Waals surface area contributed by atoms with Crippen LogP contribution >= 0.6 is 11.8 Å². The zero-order chi connectivity index (χ0) is 11.1. The molecule has 1 aromatic rings. The van der Waals surface area contributed by atoms with Crippen molar-refractivity contribution in [3.63, 3.8) is 0 Å². The Kier molecular flexibility index (Phi) is 5.19. The van der Waals surface area contributed by atoms with Crippen LogP contribution in [0.1, 0.15) is 25.3 Å². The maximum Gasteiger partial charge on any atom is 0.216 e. The molecule has 0 aliphatic rings. The van der Waals surface area contributed by atoms with Crippen molar-refractivity contribution in [3.8, 4) is 0 Å². The number of allylic oxidation sites excluding steroid dienone is 1. The van der Waals surface area contributed by atoms with Gasteiger partial charge in [0.05, 0.1) is 0 Å². The van der Waals surface area contributed by atoms with Gasteiger partial charge in [-0.2, -0.15) is 0 Å². The van der Waals surface area contributed by atoms with Gasteiger partial charge in [-0.3, -0.25) is 4.79 Å². The standard InChI is InChI=1S/C13H16OS/c1-3-4-5-6-13(14)15-12-9-7-11(2)8-10-12/h5-10H,3-4H2,1-2H3/b6-5+. The second kappa shape index (κ2) is 6.46. The Labute approximate surface area is 95.6 Å². The molecule has 0 radical (unpaired) electrons. The molecule has 0 amide bonds. The lowest BCUT2D eigenvalue weighted by Crippen LogP contribution is -1.84. The van der Waals surface area contributed by atoms with E-state index in [-0.39, 0.29) is 5.12 Å². The zero-order valence-electron chi connectivity index (χ0n) is 9.19. The van der Waals surface area contributed by atoms with Crippen molar-refractivity contribution >= 4 is 16.9 Å². The average molecular weight is 220 g/mol. The highest BCUT2D eigenvalue weighted by Crippen LogP contribution is 2.19. The minimum absolute atomic E-state index is 0.104. The third-order valence-corrected chi connectivity index (χ3v) is 2.79. The number of aryl methyl sites for hydroxylation is 1. The number of carbonyl (C=O) groups is 1. The summed E-state index contributed by atoms with van der Waals surface area (Å²) in [5.74, 6) is 0. The second-order valence-electron chi connectivity index (χ2n) is 3.43. The lowest BCUT2D eigenvalue weighted by atomic mass is 10.2. The summed E-state index contributed by atoms with van der Waals surface area (Å²) in [6.45, 7) is 4.14. The Hall–Kier alpha value is -1.02. The van der Waals surface area contributed by atoms with E-state index in [9.17, 15) is 4.79 Å². The molecule has 80 valence electrons. The molecule has 2 heteroatoms. The average Bonchev–Trinajstić information content (AvgIpc) is 2.22. The fourth-order valence-electron chi connectivity index (χ4n) is 1.10. The molecule has 0 spiro atoms. The van der Waals surface area contributed by atoms with Crippen molar-refractivity contribution < 1.29 is 4.79 Å². The van der Waals surface area contributed by atoms with Crippen molar-refractivity contribution in [2.24, 2.45) is 0 Å². The minimum Gasteiger partial charge on any atom is -0.282 e. The van der Waals surface area contributed by atoms with Gasteiger partial charge in [0.15, 0.2) is 0 Å². The number of carbonyl (C=O) groups excluding carboxylic acids is 1. The maximum atomic E-state index is 11.4. The Morgan fingerprint density at radius 3 is 2.60 bits per heavy atom. The van der Waals surface area contributed by atoms with E-state index in [0.717, 1.165) is 17.7 Å². The van der Waals surface area contributed by atoms with E-state index < -0.39 is 0 Å². The largest absolute Gasteiger partial charge is 0.282 e. The summed E-state index contributed by atoms with van der Waals surface area (Å²) in [6, 6.07) is 7.99. The van der Waals surface area contributed by atoms with Crippen LogP contribution in [-0.2, 0) is 4.79 Å². The summed E-state index contributed by atoms with van der Waals surface area (Å²) >= 11 is 1.28. The van der Waals surface area contributed by atoms with Crippen LogP contribution in [0, 0.1) is 6.92 Å². The molecule has 0 saturated heterocycles. The van der Waals surface area contributed by atoms with Gasteiger partial charge in [-0.1, -0.05) is 37.1 Å². The van der Waals surface area contributed by atoms with Crippen LogP contribution in [0.3, 0.4) is 0 Å². The fraction of sp³-hybridized carbons (Fsp3) is 0.308. The molecule has 1 rings (SSSR count). The highest BCUT2D eigenvalue weighted by Gasteiger charge is 1.99. The van der Waals surface area contributed by atoms with Crippen LogP contribution in [0.5, 0.6) is 0 Å². The molecule has 0 saturated carbocycles. The number of rotatable bonds is 4. The first-order chi connectivity index (χ1) is 7.22. The molecule has 1 aromatic carbocycles. The predicted octanol–water partition coefficient (Wildman–Crippen LogP) is 3.97. The lowest BCUT2D eigenvalue weighted by Gasteiger charge is -1.97. The molecule has 0 atom stereocenters. The van der Waals surface area contributed by atoms with Crippen LogP contribution in [0.15, 0.2) is 41.3 Å². The maximum absolute atomic E-state index is 11.4. The first kappa shape index (κ1) is 12.1. The normalized spacial score (nSPS) is 10.8. The topological polar surface area (TPSA) is 17.1 Å². The van der Waals surface area contributed by atoms with Gasteiger partial charge in [0, 0.05) is 4.90 Å². The number of thioether (sulfide) groups is 1. The molecule has 0 aliphatic heterocycles. The Balaban J connectivity index is 2.48. The summed E-state index contributed by atoms with van der Waals surface area (Å²) in [6.07, 6.45) is 5.65. The first-order valence-corrected chi connectivity index (χ1v) is 5.99. The summed E-state index contributed by atoms with van der Waals surface area (Å²) in [4.78, 5) is 12.5. The number of hydrogen-bond donors (Lipinski definition) is 0. The van der Waals surface area contributed by atoms with Crippen LogP contribution in [0.2, 0.25) is 0 Å². The van der Waals surface area contributed by atoms with E-state index in [2.05, 4.69) is 6.92 Å². The summed E-state index contributed by atoms with van der Waals surface area (Å²) in [5.41, 5.74) is 1.22. The van der Waals surface area contributed by atoms with Gasteiger partial charge in [-0.25, -0.2) is 0 Å². The third kappa shape index (κ3) is 4.84. The Bertz CT molecular complexity index is 338. The fourth-order valence-corrected chi connectivity index (χ4v) is 1.77. The molecule has 1 nitrogen and oxygen atoms in total. The molecule has 0 bridgehead atoms. The van der Waals surface area contributed by atoms with Crippen LogP contribution in [-0.4, -0.2) is 5.12 Å². The van der Waals surface area contributed by atoms with Crippen molar-refractivity contribution in [1.29, 1.82) is 0 Å². The highest BCUT2D eigenvalue weighted by molar-refractivity contribution is 8.14. The molecule has 0 N–H and O–H groups in total. The van der Waals surface area contributed by atoms with E-state index in [1.165, 1.54) is 17.3 Å². The lowest BCUT2D eigenvalue weighted by molar-refractivity contribution is -0.107. The molecular weight excluding hydrogens is 204 g/mol. The molecule has 0 heterocycles. The van der Waals surface area contributed by atoms with Gasteiger partial charge in [0.2, 0.25) is 5.12 Å². The number of benzene rings is 1. The quantitative estimate of drug-likeness (QED) is 0.564. The van der Waals surface area contributed by atoms with E-state index >= 15 is 0 Å². The third-order valence-electron chi connectivity index (χ3n) is 1.95. The summed E-state index contributed by atoms with van der Waals surface area (Å²) in [7, 11) is 0. The van der Waals surface area contributed by atoms with E-state index in [0.29, 0.717) is 0 Å². The minimum atomic E-state index is 0.104. The number of unbranched alkanes of at least 4 members (excludes halogenated alkanes) is 1. The summed E-state index contributed by atoms with van der Waals surface area (Å²) in [5, 5.41) is 0.104. The molecular formula is C13H16OS. The zero-order valence-corrected chi connectivity index (χ0v) is 10.0. The van der Waals surface area contributed by atoms with E-state index in [1.807, 2.05) is 37.3 Å². The van der Waals surface area contributed by atoms with Crippen molar-refractivity contribution in [3.05, 3.63) is 42.0 Å². The van der Waals surface area contributed by atoms with Crippen molar-refractivity contribution in [2.75, 3.05) is 0 Å². The molecule has 0 aliphatic carbocycles. The van der Waals surface area contributed by atoms with Gasteiger partial charge in [0.25, 0.3) is 0 Å².